The van der Waals surface area contributed by atoms with E-state index in [0.717, 1.165) is 17.4 Å². The molecule has 1 aliphatic heterocycles. The van der Waals surface area contributed by atoms with Crippen LogP contribution < -0.4 is 16.0 Å². The first-order chi connectivity index (χ1) is 20.6. The molecule has 230 valence electrons. The van der Waals surface area contributed by atoms with Crippen LogP contribution in [0.5, 0.6) is 5.75 Å². The fourth-order valence-corrected chi connectivity index (χ4v) is 6.76. The number of aromatic nitrogens is 5. The van der Waals surface area contributed by atoms with Crippen LogP contribution in [0.2, 0.25) is 0 Å². The van der Waals surface area contributed by atoms with E-state index in [1.165, 1.54) is 65.5 Å². The van der Waals surface area contributed by atoms with Gasteiger partial charge < -0.3 is 19.1 Å². The zero-order chi connectivity index (χ0) is 30.9. The fraction of sp³-hybridized carbons (Fsp3) is 0.483. The summed E-state index contributed by atoms with van der Waals surface area (Å²) in [4.78, 5) is 45.8. The molecular weight excluding hydrogens is 579 g/mol. The van der Waals surface area contributed by atoms with Gasteiger partial charge in [-0.25, -0.2) is 13.8 Å². The third kappa shape index (κ3) is 5.61. The van der Waals surface area contributed by atoms with Crippen LogP contribution in [-0.2, 0) is 26.4 Å². The number of benzene rings is 1. The van der Waals surface area contributed by atoms with E-state index in [4.69, 9.17) is 14.2 Å². The lowest BCUT2D eigenvalue weighted by atomic mass is 10.0. The molecule has 5 rings (SSSR count). The first-order valence-corrected chi connectivity index (χ1v) is 14.8. The molecule has 0 aliphatic carbocycles. The van der Waals surface area contributed by atoms with Gasteiger partial charge in [0, 0.05) is 31.3 Å². The number of nitrogens with zero attached hydrogens (tertiary/aromatic N) is 6. The number of hydrogen-bond acceptors (Lipinski definition) is 9. The van der Waals surface area contributed by atoms with Crippen molar-refractivity contribution < 1.29 is 23.4 Å². The highest BCUT2D eigenvalue weighted by molar-refractivity contribution is 7.21. The average molecular weight is 615 g/mol. The molecule has 1 saturated heterocycles. The molecule has 1 unspecified atom stereocenters. The lowest BCUT2D eigenvalue weighted by Crippen LogP contribution is -2.56. The third-order valence-electron chi connectivity index (χ3n) is 7.76. The Morgan fingerprint density at radius 3 is 2.47 bits per heavy atom. The van der Waals surface area contributed by atoms with Gasteiger partial charge in [-0.2, -0.15) is 10.2 Å². The Kier molecular flexibility index (Phi) is 8.81. The molecule has 0 bridgehead atoms. The molecule has 1 aliphatic rings. The Morgan fingerprint density at radius 1 is 1.12 bits per heavy atom. The van der Waals surface area contributed by atoms with Crippen LogP contribution in [0, 0.1) is 12.7 Å². The summed E-state index contributed by atoms with van der Waals surface area (Å²) < 4.78 is 33.8. The smallest absolute Gasteiger partial charge is 0.333 e. The molecule has 1 amide bonds. The number of thiophene rings is 1. The van der Waals surface area contributed by atoms with E-state index in [9.17, 15) is 18.8 Å². The number of hydrogen-bond donors (Lipinski definition) is 0. The summed E-state index contributed by atoms with van der Waals surface area (Å²) in [5.41, 5.74) is -1.82. The molecular formula is C29H35FN6O6S. The summed E-state index contributed by atoms with van der Waals surface area (Å²) in [6, 6.07) is 4.07. The number of fused-ring (bicyclic) bond motifs is 1. The Bertz CT molecular complexity index is 1740. The molecule has 1 atom stereocenters. The number of carbonyl (C=O) groups excluding carboxylic acids is 1. The van der Waals surface area contributed by atoms with E-state index in [2.05, 4.69) is 10.2 Å². The van der Waals surface area contributed by atoms with E-state index in [0.29, 0.717) is 39.8 Å². The molecule has 4 heterocycles. The highest BCUT2D eigenvalue weighted by Crippen LogP contribution is 2.34. The van der Waals surface area contributed by atoms with Crippen LogP contribution >= 0.6 is 11.3 Å². The second-order valence-corrected chi connectivity index (χ2v) is 11.8. The van der Waals surface area contributed by atoms with Crippen molar-refractivity contribution in [3.63, 3.8) is 0 Å². The van der Waals surface area contributed by atoms with Crippen molar-refractivity contribution in [3.8, 4) is 10.8 Å². The van der Waals surface area contributed by atoms with E-state index < -0.39 is 28.7 Å². The Morgan fingerprint density at radius 2 is 1.81 bits per heavy atom. The van der Waals surface area contributed by atoms with E-state index >= 15 is 0 Å². The van der Waals surface area contributed by atoms with Gasteiger partial charge in [-0.05, 0) is 51.8 Å². The molecule has 1 fully saturated rings. The standard InChI is InChI=1S/C29H35FN6O6S/c1-18-23-24(37)35(29(2,3)27(38)33-12-6-7-13-33)28(39)34(26(23)43-25(18)36-31-10-11-32-36)17-22(42-15-14-40-4)20-16-19(30)8-9-21(20)41-5/h8-11,16,22H,6-7,12-15,17H2,1-5H3. The second-order valence-electron chi connectivity index (χ2n) is 10.9. The van der Waals surface area contributed by atoms with Crippen molar-refractivity contribution >= 4 is 27.5 Å². The van der Waals surface area contributed by atoms with Gasteiger partial charge in [0.05, 0.1) is 44.6 Å². The van der Waals surface area contributed by atoms with Crippen molar-refractivity contribution in [1.29, 1.82) is 0 Å². The van der Waals surface area contributed by atoms with Gasteiger partial charge in [-0.15, -0.1) is 4.80 Å². The molecule has 0 radical (unpaired) electrons. The van der Waals surface area contributed by atoms with E-state index in [1.54, 1.807) is 25.7 Å². The van der Waals surface area contributed by atoms with Crippen molar-refractivity contribution in [1.82, 2.24) is 29.0 Å². The van der Waals surface area contributed by atoms with Gasteiger partial charge in [-0.3, -0.25) is 14.2 Å². The predicted octanol–water partition coefficient (Wildman–Crippen LogP) is 3.02. The fourth-order valence-electron chi connectivity index (χ4n) is 5.54. The van der Waals surface area contributed by atoms with E-state index in [1.807, 2.05) is 0 Å². The number of methoxy groups -OCH3 is 2. The van der Waals surface area contributed by atoms with Crippen LogP contribution in [-0.4, -0.2) is 75.5 Å². The van der Waals surface area contributed by atoms with Crippen molar-refractivity contribution in [2.75, 3.05) is 40.5 Å². The van der Waals surface area contributed by atoms with Crippen molar-refractivity contribution in [3.05, 3.63) is 68.4 Å². The molecule has 4 aromatic rings. The zero-order valence-electron chi connectivity index (χ0n) is 24.8. The first-order valence-electron chi connectivity index (χ1n) is 14.0. The van der Waals surface area contributed by atoms with Gasteiger partial charge in [0.25, 0.3) is 5.56 Å². The Labute approximate surface area is 251 Å². The Hall–Kier alpha value is -3.88. The van der Waals surface area contributed by atoms with Gasteiger partial charge in [0.2, 0.25) is 5.91 Å². The number of carbonyl (C=O) groups is 1. The summed E-state index contributed by atoms with van der Waals surface area (Å²) in [6.07, 6.45) is 3.88. The minimum Gasteiger partial charge on any atom is -0.496 e. The Balaban J connectivity index is 1.76. The maximum absolute atomic E-state index is 14.5. The number of amides is 1. The van der Waals surface area contributed by atoms with Crippen LogP contribution in [0.1, 0.15) is 43.9 Å². The van der Waals surface area contributed by atoms with Gasteiger partial charge in [0.15, 0.2) is 0 Å². The minimum atomic E-state index is -1.49. The molecule has 14 heteroatoms. The largest absolute Gasteiger partial charge is 0.496 e. The van der Waals surface area contributed by atoms with Crippen LogP contribution in [0.15, 0.2) is 40.2 Å². The molecule has 12 nitrogen and oxygen atoms in total. The average Bonchev–Trinajstić information content (AvgIpc) is 3.76. The summed E-state index contributed by atoms with van der Waals surface area (Å²) >= 11 is 1.17. The van der Waals surface area contributed by atoms with Gasteiger partial charge in [0.1, 0.15) is 33.0 Å². The number of likely N-dealkylation sites (tertiary alicyclic amines) is 1. The lowest BCUT2D eigenvalue weighted by molar-refractivity contribution is -0.138. The van der Waals surface area contributed by atoms with Crippen LogP contribution in [0.3, 0.4) is 0 Å². The van der Waals surface area contributed by atoms with Crippen LogP contribution in [0.25, 0.3) is 15.2 Å². The minimum absolute atomic E-state index is 0.112. The molecule has 0 spiro atoms. The number of rotatable bonds is 11. The maximum Gasteiger partial charge on any atom is 0.333 e. The van der Waals surface area contributed by atoms with Gasteiger partial charge >= 0.3 is 5.69 Å². The predicted molar refractivity (Wildman–Crippen MR) is 159 cm³/mol. The molecule has 0 saturated carbocycles. The SMILES string of the molecule is COCCOC(Cn1c(=O)n(C(C)(C)C(=O)N2CCCC2)c(=O)c2c(C)c(-n3nccn3)sc21)c1cc(F)ccc1OC. The molecule has 3 aromatic heterocycles. The lowest BCUT2D eigenvalue weighted by Gasteiger charge is -2.31. The first kappa shape index (κ1) is 30.6. The molecule has 1 aromatic carbocycles. The normalized spacial score (nSPS) is 14.5. The summed E-state index contributed by atoms with van der Waals surface area (Å²) in [7, 11) is 3.00. The summed E-state index contributed by atoms with van der Waals surface area (Å²) in [5, 5.41) is 9.27. The highest BCUT2D eigenvalue weighted by atomic mass is 32.1. The van der Waals surface area contributed by atoms with Crippen LogP contribution in [0.4, 0.5) is 4.39 Å². The summed E-state index contributed by atoms with van der Waals surface area (Å²) in [6.45, 7) is 6.35. The van der Waals surface area contributed by atoms with E-state index in [-0.39, 0.29) is 31.1 Å². The summed E-state index contributed by atoms with van der Waals surface area (Å²) in [5.74, 6) is -0.443. The van der Waals surface area contributed by atoms with Crippen molar-refractivity contribution in [2.45, 2.75) is 51.8 Å². The maximum atomic E-state index is 14.5. The molecule has 0 N–H and O–H groups in total. The molecule has 43 heavy (non-hydrogen) atoms. The van der Waals surface area contributed by atoms with Crippen molar-refractivity contribution in [2.24, 2.45) is 0 Å². The monoisotopic (exact) mass is 614 g/mol. The second kappa shape index (κ2) is 12.4. The third-order valence-corrected chi connectivity index (χ3v) is 9.04. The number of aryl methyl sites for hydroxylation is 1. The topological polar surface area (TPSA) is 123 Å². The van der Waals surface area contributed by atoms with Gasteiger partial charge in [-0.1, -0.05) is 11.3 Å². The zero-order valence-corrected chi connectivity index (χ0v) is 25.6. The number of halogens is 1. The highest BCUT2D eigenvalue weighted by Gasteiger charge is 2.39. The number of ether oxygens (including phenoxy) is 3. The quantitative estimate of drug-likeness (QED) is 0.236.